The van der Waals surface area contributed by atoms with Gasteiger partial charge in [-0.1, -0.05) is 72.8 Å². The number of benzene rings is 3. The number of halogens is 1. The summed E-state index contributed by atoms with van der Waals surface area (Å²) in [5.41, 5.74) is 2.89. The highest BCUT2D eigenvalue weighted by molar-refractivity contribution is 5.85. The summed E-state index contributed by atoms with van der Waals surface area (Å²) in [5.74, 6) is -0.892. The normalized spacial score (nSPS) is 10.6. The van der Waals surface area contributed by atoms with Gasteiger partial charge in [0, 0.05) is 18.9 Å². The number of carbonyl (C=O) groups excluding carboxylic acids is 2. The number of hydrogen-bond donors (Lipinski definition) is 2. The summed E-state index contributed by atoms with van der Waals surface area (Å²) in [4.78, 5) is 24.5. The topological polar surface area (TPSA) is 58.2 Å². The van der Waals surface area contributed by atoms with Crippen LogP contribution in [0.5, 0.6) is 0 Å². The van der Waals surface area contributed by atoms with Crippen molar-refractivity contribution in [2.75, 3.05) is 6.54 Å². The molecule has 148 valence electrons. The van der Waals surface area contributed by atoms with Crippen molar-refractivity contribution < 1.29 is 14.0 Å². The van der Waals surface area contributed by atoms with Crippen LogP contribution in [-0.4, -0.2) is 18.4 Å². The first kappa shape index (κ1) is 20.3. The van der Waals surface area contributed by atoms with Gasteiger partial charge in [0.2, 0.25) is 11.8 Å². The second-order valence-electron chi connectivity index (χ2n) is 6.76. The van der Waals surface area contributed by atoms with Crippen molar-refractivity contribution in [2.45, 2.75) is 18.9 Å². The summed E-state index contributed by atoms with van der Waals surface area (Å²) in [6, 6.07) is 25.6. The van der Waals surface area contributed by atoms with Crippen LogP contribution >= 0.6 is 0 Å². The number of amides is 2. The van der Waals surface area contributed by atoms with Crippen LogP contribution in [0, 0.1) is 5.82 Å². The number of carbonyl (C=O) groups is 2. The average Bonchev–Trinajstić information content (AvgIpc) is 2.77. The van der Waals surface area contributed by atoms with E-state index in [1.54, 1.807) is 12.1 Å². The SMILES string of the molecule is O=C(CNC(=O)CC(c1ccccc1)c1ccccc1)NCc1ccc(F)cc1. The Kier molecular flexibility index (Phi) is 7.11. The van der Waals surface area contributed by atoms with Crippen LogP contribution in [-0.2, 0) is 16.1 Å². The predicted octanol–water partition coefficient (Wildman–Crippen LogP) is 3.78. The maximum absolute atomic E-state index is 12.9. The Morgan fingerprint density at radius 2 is 1.28 bits per heavy atom. The second-order valence-corrected chi connectivity index (χ2v) is 6.76. The Balaban J connectivity index is 1.53. The van der Waals surface area contributed by atoms with Crippen molar-refractivity contribution >= 4 is 11.8 Å². The fraction of sp³-hybridized carbons (Fsp3) is 0.167. The standard InChI is InChI=1S/C24H23FN2O2/c25-21-13-11-18(12-14-21)16-26-24(29)17-27-23(28)15-22(19-7-3-1-4-8-19)20-9-5-2-6-10-20/h1-14,22H,15-17H2,(H,26,29)(H,27,28). The minimum atomic E-state index is -0.321. The highest BCUT2D eigenvalue weighted by atomic mass is 19.1. The zero-order valence-corrected chi connectivity index (χ0v) is 16.0. The molecule has 0 bridgehead atoms. The smallest absolute Gasteiger partial charge is 0.239 e. The maximum atomic E-state index is 12.9. The van der Waals surface area contributed by atoms with Crippen LogP contribution in [0.15, 0.2) is 84.9 Å². The molecule has 0 radical (unpaired) electrons. The van der Waals surface area contributed by atoms with Crippen molar-refractivity contribution in [3.8, 4) is 0 Å². The lowest BCUT2D eigenvalue weighted by atomic mass is 9.88. The van der Waals surface area contributed by atoms with Gasteiger partial charge in [-0.2, -0.15) is 0 Å². The molecule has 0 saturated heterocycles. The fourth-order valence-electron chi connectivity index (χ4n) is 3.10. The molecule has 2 N–H and O–H groups in total. The summed E-state index contributed by atoms with van der Waals surface area (Å²) in [5, 5.41) is 5.40. The largest absolute Gasteiger partial charge is 0.350 e. The van der Waals surface area contributed by atoms with Gasteiger partial charge in [-0.25, -0.2) is 4.39 Å². The Morgan fingerprint density at radius 3 is 1.83 bits per heavy atom. The Hall–Kier alpha value is -3.47. The van der Waals surface area contributed by atoms with Gasteiger partial charge in [0.15, 0.2) is 0 Å². The van der Waals surface area contributed by atoms with Gasteiger partial charge >= 0.3 is 0 Å². The molecule has 0 heterocycles. The summed E-state index contributed by atoms with van der Waals surface area (Å²) in [6.07, 6.45) is 0.249. The van der Waals surface area contributed by atoms with E-state index in [1.807, 2.05) is 60.7 Å². The molecule has 0 aromatic heterocycles. The van der Waals surface area contributed by atoms with Crippen LogP contribution in [0.25, 0.3) is 0 Å². The van der Waals surface area contributed by atoms with Crippen molar-refractivity contribution in [3.63, 3.8) is 0 Å². The summed E-state index contributed by atoms with van der Waals surface area (Å²) in [7, 11) is 0. The molecule has 4 nitrogen and oxygen atoms in total. The van der Waals surface area contributed by atoms with E-state index in [-0.39, 0.29) is 43.1 Å². The van der Waals surface area contributed by atoms with E-state index in [1.165, 1.54) is 12.1 Å². The zero-order chi connectivity index (χ0) is 20.5. The lowest BCUT2D eigenvalue weighted by Crippen LogP contribution is -2.37. The van der Waals surface area contributed by atoms with Crippen molar-refractivity contribution in [1.82, 2.24) is 10.6 Å². The number of hydrogen-bond acceptors (Lipinski definition) is 2. The van der Waals surface area contributed by atoms with Crippen molar-refractivity contribution in [1.29, 1.82) is 0 Å². The molecule has 3 aromatic rings. The van der Waals surface area contributed by atoms with Crippen LogP contribution in [0.1, 0.15) is 29.0 Å². The highest BCUT2D eigenvalue weighted by Crippen LogP contribution is 2.27. The zero-order valence-electron chi connectivity index (χ0n) is 16.0. The van der Waals surface area contributed by atoms with E-state index >= 15 is 0 Å². The van der Waals surface area contributed by atoms with E-state index in [4.69, 9.17) is 0 Å². The molecule has 0 aliphatic carbocycles. The first-order chi connectivity index (χ1) is 14.1. The van der Waals surface area contributed by atoms with E-state index in [0.29, 0.717) is 0 Å². The molecule has 3 rings (SSSR count). The molecule has 0 saturated carbocycles. The summed E-state index contributed by atoms with van der Waals surface area (Å²) in [6.45, 7) is 0.183. The van der Waals surface area contributed by atoms with E-state index in [2.05, 4.69) is 10.6 Å². The molecule has 0 unspecified atom stereocenters. The lowest BCUT2D eigenvalue weighted by Gasteiger charge is -2.18. The molecule has 0 fully saturated rings. The van der Waals surface area contributed by atoms with Gasteiger partial charge in [0.05, 0.1) is 6.54 Å². The van der Waals surface area contributed by atoms with E-state index in [9.17, 15) is 14.0 Å². The third kappa shape index (κ3) is 6.28. The molecule has 29 heavy (non-hydrogen) atoms. The predicted molar refractivity (Wildman–Crippen MR) is 111 cm³/mol. The fourth-order valence-corrected chi connectivity index (χ4v) is 3.10. The molecule has 3 aromatic carbocycles. The number of rotatable bonds is 8. The Morgan fingerprint density at radius 1 is 0.724 bits per heavy atom. The minimum absolute atomic E-state index is 0.0836. The molecular formula is C24H23FN2O2. The van der Waals surface area contributed by atoms with E-state index in [0.717, 1.165) is 16.7 Å². The summed E-state index contributed by atoms with van der Waals surface area (Å²) >= 11 is 0. The van der Waals surface area contributed by atoms with Gasteiger partial charge in [-0.05, 0) is 28.8 Å². The van der Waals surface area contributed by atoms with E-state index < -0.39 is 0 Å². The monoisotopic (exact) mass is 390 g/mol. The first-order valence-corrected chi connectivity index (χ1v) is 9.49. The van der Waals surface area contributed by atoms with Crippen LogP contribution in [0.4, 0.5) is 4.39 Å². The molecule has 0 aliphatic heterocycles. The average molecular weight is 390 g/mol. The van der Waals surface area contributed by atoms with Crippen LogP contribution < -0.4 is 10.6 Å². The third-order valence-corrected chi connectivity index (χ3v) is 4.64. The lowest BCUT2D eigenvalue weighted by molar-refractivity contribution is -0.126. The Labute approximate surface area is 169 Å². The van der Waals surface area contributed by atoms with Crippen LogP contribution in [0.2, 0.25) is 0 Å². The quantitative estimate of drug-likeness (QED) is 0.615. The molecule has 2 amide bonds. The van der Waals surface area contributed by atoms with Gasteiger partial charge in [0.1, 0.15) is 5.82 Å². The van der Waals surface area contributed by atoms with Crippen molar-refractivity contribution in [3.05, 3.63) is 107 Å². The van der Waals surface area contributed by atoms with Gasteiger partial charge < -0.3 is 10.6 Å². The Bertz CT molecular complexity index is 889. The molecule has 0 aliphatic rings. The molecular weight excluding hydrogens is 367 g/mol. The molecule has 0 spiro atoms. The van der Waals surface area contributed by atoms with Crippen LogP contribution in [0.3, 0.4) is 0 Å². The second kappa shape index (κ2) is 10.2. The number of nitrogens with one attached hydrogen (secondary N) is 2. The van der Waals surface area contributed by atoms with Crippen molar-refractivity contribution in [2.24, 2.45) is 0 Å². The minimum Gasteiger partial charge on any atom is -0.350 e. The van der Waals surface area contributed by atoms with Gasteiger partial charge in [-0.3, -0.25) is 9.59 Å². The molecule has 5 heteroatoms. The van der Waals surface area contributed by atoms with Gasteiger partial charge in [-0.15, -0.1) is 0 Å². The maximum Gasteiger partial charge on any atom is 0.239 e. The highest BCUT2D eigenvalue weighted by Gasteiger charge is 2.18. The first-order valence-electron chi connectivity index (χ1n) is 9.49. The summed E-state index contributed by atoms with van der Waals surface area (Å²) < 4.78 is 12.9. The third-order valence-electron chi connectivity index (χ3n) is 4.64. The van der Waals surface area contributed by atoms with Gasteiger partial charge in [0.25, 0.3) is 0 Å². The molecule has 0 atom stereocenters.